The van der Waals surface area contributed by atoms with Gasteiger partial charge in [0.05, 0.1) is 17.3 Å². The summed E-state index contributed by atoms with van der Waals surface area (Å²) in [5, 5.41) is 6.17. The molecule has 178 valence electrons. The first-order valence-corrected chi connectivity index (χ1v) is 10.9. The van der Waals surface area contributed by atoms with E-state index in [4.69, 9.17) is 15.3 Å². The first-order valence-electron chi connectivity index (χ1n) is 10.9. The zero-order chi connectivity index (χ0) is 24.4. The van der Waals surface area contributed by atoms with Gasteiger partial charge in [0.25, 0.3) is 5.91 Å². The first kappa shape index (κ1) is 25.8. The Hall–Kier alpha value is -3.48. The maximum atomic E-state index is 12.9. The number of nitrogens with one attached hydrogen (secondary N) is 3. The van der Waals surface area contributed by atoms with Crippen LogP contribution in [0.3, 0.4) is 0 Å². The van der Waals surface area contributed by atoms with Crippen LogP contribution in [0.5, 0.6) is 11.5 Å². The molecule has 33 heavy (non-hydrogen) atoms. The predicted octanol–water partition coefficient (Wildman–Crippen LogP) is 3.80. The lowest BCUT2D eigenvalue weighted by molar-refractivity contribution is -0.112. The Morgan fingerprint density at radius 3 is 2.64 bits per heavy atom. The average molecular weight is 454 g/mol. The highest BCUT2D eigenvalue weighted by Crippen LogP contribution is 2.32. The summed E-state index contributed by atoms with van der Waals surface area (Å²) in [7, 11) is 0. The molecule has 8 heteroatoms. The summed E-state index contributed by atoms with van der Waals surface area (Å²) in [4.78, 5) is 17.3. The molecule has 0 bridgehead atoms. The summed E-state index contributed by atoms with van der Waals surface area (Å²) in [5.74, 6) is 7.11. The molecule has 1 aromatic carbocycles. The molecule has 1 aliphatic heterocycles. The Bertz CT molecular complexity index is 982. The number of carbonyl (C=O) groups is 1. The van der Waals surface area contributed by atoms with Crippen molar-refractivity contribution in [3.8, 4) is 11.5 Å². The summed E-state index contributed by atoms with van der Waals surface area (Å²) in [6, 6.07) is 5.02. The van der Waals surface area contributed by atoms with Crippen molar-refractivity contribution in [1.29, 1.82) is 0 Å². The van der Waals surface area contributed by atoms with Gasteiger partial charge in [-0.2, -0.15) is 0 Å². The van der Waals surface area contributed by atoms with Crippen LogP contribution in [-0.2, 0) is 4.79 Å². The molecule has 0 saturated heterocycles. The number of rotatable bonds is 9. The molecule has 1 aromatic rings. The number of ether oxygens (including phenoxy) is 2. The molecule has 1 amide bonds. The summed E-state index contributed by atoms with van der Waals surface area (Å²) >= 11 is 0. The SMILES string of the molecule is C=C(N=CC=C=CC)C(CC(C)(C)C)N/C(NN)=C(/C)C(=O)Nc1ccc2c(c1)OCCO2. The molecule has 1 unspecified atom stereocenters. The van der Waals surface area contributed by atoms with Crippen molar-refractivity contribution >= 4 is 17.8 Å². The van der Waals surface area contributed by atoms with Gasteiger partial charge >= 0.3 is 0 Å². The number of hydrogen-bond acceptors (Lipinski definition) is 7. The number of anilines is 1. The number of nitrogens with two attached hydrogens (primary N) is 1. The molecule has 0 spiro atoms. The summed E-state index contributed by atoms with van der Waals surface area (Å²) in [5.41, 5.74) is 7.14. The van der Waals surface area contributed by atoms with E-state index in [0.717, 1.165) is 6.42 Å². The van der Waals surface area contributed by atoms with E-state index in [-0.39, 0.29) is 17.4 Å². The van der Waals surface area contributed by atoms with Crippen LogP contribution in [0.4, 0.5) is 5.69 Å². The molecule has 1 heterocycles. The highest BCUT2D eigenvalue weighted by Gasteiger charge is 2.23. The van der Waals surface area contributed by atoms with Crippen LogP contribution in [0.15, 0.2) is 64.7 Å². The van der Waals surface area contributed by atoms with Gasteiger partial charge in [0.2, 0.25) is 0 Å². The van der Waals surface area contributed by atoms with Crippen molar-refractivity contribution in [2.24, 2.45) is 16.3 Å². The number of hydrazine groups is 1. The van der Waals surface area contributed by atoms with E-state index >= 15 is 0 Å². The maximum absolute atomic E-state index is 12.9. The molecule has 2 rings (SSSR count). The van der Waals surface area contributed by atoms with Gasteiger partial charge in [-0.3, -0.25) is 9.79 Å². The molecule has 0 fully saturated rings. The zero-order valence-corrected chi connectivity index (χ0v) is 20.1. The molecule has 1 atom stereocenters. The smallest absolute Gasteiger partial charge is 0.254 e. The van der Waals surface area contributed by atoms with Crippen molar-refractivity contribution in [2.75, 3.05) is 18.5 Å². The number of hydrogen-bond donors (Lipinski definition) is 4. The fourth-order valence-electron chi connectivity index (χ4n) is 3.12. The van der Waals surface area contributed by atoms with E-state index in [1.54, 1.807) is 43.5 Å². The topological polar surface area (TPSA) is 110 Å². The summed E-state index contributed by atoms with van der Waals surface area (Å²) < 4.78 is 11.1. The van der Waals surface area contributed by atoms with Crippen molar-refractivity contribution in [3.63, 3.8) is 0 Å². The van der Waals surface area contributed by atoms with Crippen molar-refractivity contribution in [3.05, 3.63) is 59.8 Å². The number of nitrogens with zero attached hydrogens (tertiary/aromatic N) is 1. The van der Waals surface area contributed by atoms with E-state index in [1.807, 2.05) is 6.92 Å². The molecule has 0 saturated carbocycles. The molecule has 0 radical (unpaired) electrons. The lowest BCUT2D eigenvalue weighted by Crippen LogP contribution is -2.42. The fourth-order valence-corrected chi connectivity index (χ4v) is 3.12. The van der Waals surface area contributed by atoms with E-state index < -0.39 is 0 Å². The van der Waals surface area contributed by atoms with Gasteiger partial charge < -0.3 is 25.5 Å². The Labute approximate surface area is 196 Å². The normalized spacial score (nSPS) is 14.5. The van der Waals surface area contributed by atoms with Gasteiger partial charge in [-0.1, -0.05) is 27.4 Å². The van der Waals surface area contributed by atoms with Gasteiger partial charge in [0, 0.05) is 18.0 Å². The molecule has 0 aliphatic carbocycles. The maximum Gasteiger partial charge on any atom is 0.254 e. The lowest BCUT2D eigenvalue weighted by atomic mass is 9.87. The first-order chi connectivity index (χ1) is 15.6. The number of fused-ring (bicyclic) bond motifs is 1. The van der Waals surface area contributed by atoms with Gasteiger partial charge in [0.1, 0.15) is 19.0 Å². The third-order valence-corrected chi connectivity index (χ3v) is 4.78. The zero-order valence-electron chi connectivity index (χ0n) is 20.1. The average Bonchev–Trinajstić information content (AvgIpc) is 2.78. The van der Waals surface area contributed by atoms with Crippen molar-refractivity contribution < 1.29 is 14.3 Å². The third kappa shape index (κ3) is 8.18. The second-order valence-electron chi connectivity index (χ2n) is 8.81. The number of amides is 1. The lowest BCUT2D eigenvalue weighted by Gasteiger charge is -2.29. The van der Waals surface area contributed by atoms with Gasteiger partial charge in [-0.05, 0) is 50.0 Å². The molecule has 5 N–H and O–H groups in total. The Morgan fingerprint density at radius 1 is 1.30 bits per heavy atom. The second-order valence-corrected chi connectivity index (χ2v) is 8.81. The third-order valence-electron chi connectivity index (χ3n) is 4.78. The summed E-state index contributed by atoms with van der Waals surface area (Å²) in [6.45, 7) is 15.0. The van der Waals surface area contributed by atoms with Crippen molar-refractivity contribution in [1.82, 2.24) is 10.7 Å². The van der Waals surface area contributed by atoms with Crippen LogP contribution in [0.2, 0.25) is 0 Å². The molecular formula is C25H35N5O3. The minimum absolute atomic E-state index is 0.0175. The number of aliphatic imine (C=N–C) groups is 1. The summed E-state index contributed by atoms with van der Waals surface area (Å²) in [6.07, 6.45) is 5.87. The molecular weight excluding hydrogens is 418 g/mol. The highest BCUT2D eigenvalue weighted by atomic mass is 16.6. The van der Waals surface area contributed by atoms with E-state index in [1.165, 1.54) is 0 Å². The Morgan fingerprint density at radius 2 is 2.00 bits per heavy atom. The molecule has 8 nitrogen and oxygen atoms in total. The van der Waals surface area contributed by atoms with Crippen LogP contribution in [0.1, 0.15) is 41.0 Å². The highest BCUT2D eigenvalue weighted by molar-refractivity contribution is 6.03. The Kier molecular flexibility index (Phi) is 9.33. The van der Waals surface area contributed by atoms with E-state index in [0.29, 0.717) is 47.5 Å². The predicted molar refractivity (Wildman–Crippen MR) is 133 cm³/mol. The second kappa shape index (κ2) is 11.9. The minimum Gasteiger partial charge on any atom is -0.486 e. The van der Waals surface area contributed by atoms with Crippen LogP contribution >= 0.6 is 0 Å². The number of allylic oxidation sites excluding steroid dienone is 1. The fraction of sp³-hybridized carbons (Fsp3) is 0.400. The minimum atomic E-state index is -0.313. The van der Waals surface area contributed by atoms with Crippen LogP contribution in [0.25, 0.3) is 0 Å². The van der Waals surface area contributed by atoms with Gasteiger partial charge in [-0.15, -0.1) is 5.73 Å². The standard InChI is InChI=1S/C25H35N5O3/c1-7-8-9-12-27-18(3)20(16-25(4,5)6)29-23(30-26)17(2)24(31)28-19-10-11-21-22(15-19)33-14-13-32-21/h7,9-12,15,20,29-30H,3,13-14,16,26H2,1-2,4-6H3,(H,28,31)/b23-17+,27-12?. The number of carbonyl (C=O) groups excluding carboxylic acids is 1. The number of benzene rings is 1. The van der Waals surface area contributed by atoms with E-state index in [2.05, 4.69) is 54.1 Å². The van der Waals surface area contributed by atoms with Crippen LogP contribution < -0.4 is 31.4 Å². The Balaban J connectivity index is 2.20. The monoisotopic (exact) mass is 453 g/mol. The van der Waals surface area contributed by atoms with Gasteiger partial charge in [0.15, 0.2) is 11.5 Å². The largest absolute Gasteiger partial charge is 0.486 e. The molecule has 0 aromatic heterocycles. The van der Waals surface area contributed by atoms with E-state index in [9.17, 15) is 4.79 Å². The quantitative estimate of drug-likeness (QED) is 0.149. The molecule has 1 aliphatic rings. The van der Waals surface area contributed by atoms with Gasteiger partial charge in [-0.25, -0.2) is 5.84 Å². The van der Waals surface area contributed by atoms with Crippen LogP contribution in [0, 0.1) is 5.41 Å². The van der Waals surface area contributed by atoms with Crippen LogP contribution in [-0.4, -0.2) is 31.4 Å². The van der Waals surface area contributed by atoms with Crippen molar-refractivity contribution in [2.45, 2.75) is 47.1 Å².